The third-order valence-corrected chi connectivity index (χ3v) is 3.04. The van der Waals surface area contributed by atoms with Gasteiger partial charge in [-0.25, -0.2) is 0 Å². The molecule has 1 aromatic rings. The summed E-state index contributed by atoms with van der Waals surface area (Å²) in [7, 11) is 0. The van der Waals surface area contributed by atoms with Crippen LogP contribution in [0.25, 0.3) is 0 Å². The van der Waals surface area contributed by atoms with E-state index in [9.17, 15) is 4.79 Å². The number of aryl methyl sites for hydroxylation is 1. The van der Waals surface area contributed by atoms with Gasteiger partial charge in [0.15, 0.2) is 0 Å². The Hall–Kier alpha value is -1.62. The van der Waals surface area contributed by atoms with Crippen LogP contribution in [0.2, 0.25) is 0 Å². The lowest BCUT2D eigenvalue weighted by molar-refractivity contribution is -0.119. The predicted octanol–water partition coefficient (Wildman–Crippen LogP) is 1.32. The zero-order chi connectivity index (χ0) is 13.1. The Morgan fingerprint density at radius 2 is 2.22 bits per heavy atom. The van der Waals surface area contributed by atoms with Crippen molar-refractivity contribution in [3.05, 3.63) is 29.3 Å². The molecule has 4 nitrogen and oxygen atoms in total. The first-order chi connectivity index (χ1) is 8.56. The van der Waals surface area contributed by atoms with Crippen LogP contribution in [-0.2, 0) is 4.79 Å². The number of nitrogens with two attached hydrogens (primary N) is 1. The van der Waals surface area contributed by atoms with E-state index in [1.807, 2.05) is 25.1 Å². The van der Waals surface area contributed by atoms with Gasteiger partial charge in [-0.2, -0.15) is 0 Å². The van der Waals surface area contributed by atoms with Crippen molar-refractivity contribution in [3.63, 3.8) is 0 Å². The number of benzene rings is 1. The topological polar surface area (TPSA) is 67.2 Å². The first-order valence-corrected chi connectivity index (χ1v) is 6.41. The fraction of sp³-hybridized carbons (Fsp3) is 0.385. The van der Waals surface area contributed by atoms with E-state index in [4.69, 9.17) is 18.0 Å². The lowest BCUT2D eigenvalue weighted by atomic mass is 10.1. The van der Waals surface area contributed by atoms with Crippen LogP contribution in [0.4, 0.5) is 5.69 Å². The van der Waals surface area contributed by atoms with Crippen molar-refractivity contribution in [1.29, 1.82) is 0 Å². The minimum atomic E-state index is 0.00645. The minimum absolute atomic E-state index is 0.00645. The molecule has 0 bridgehead atoms. The molecule has 0 heterocycles. The molecule has 96 valence electrons. The number of nitrogens with one attached hydrogen (secondary N) is 2. The summed E-state index contributed by atoms with van der Waals surface area (Å²) in [5.41, 5.74) is 8.35. The second-order valence-electron chi connectivity index (χ2n) is 4.61. The molecule has 0 aliphatic heterocycles. The molecule has 0 saturated heterocycles. The Balaban J connectivity index is 1.99. The van der Waals surface area contributed by atoms with E-state index in [1.54, 1.807) is 0 Å². The Bertz CT molecular complexity index is 483. The molecule has 0 radical (unpaired) electrons. The molecule has 0 atom stereocenters. The van der Waals surface area contributed by atoms with Crippen molar-refractivity contribution in [3.8, 4) is 0 Å². The van der Waals surface area contributed by atoms with Crippen molar-refractivity contribution in [2.75, 3.05) is 11.9 Å². The number of hydrogen-bond acceptors (Lipinski definition) is 3. The van der Waals surface area contributed by atoms with Crippen LogP contribution < -0.4 is 16.4 Å². The smallest absolute Gasteiger partial charge is 0.239 e. The van der Waals surface area contributed by atoms with Crippen molar-refractivity contribution >= 4 is 28.8 Å². The van der Waals surface area contributed by atoms with Gasteiger partial charge in [-0.05, 0) is 31.9 Å². The Kier molecular flexibility index (Phi) is 3.81. The lowest BCUT2D eigenvalue weighted by Crippen LogP contribution is -2.31. The molecule has 1 saturated carbocycles. The number of amides is 1. The molecule has 5 heteroatoms. The quantitative estimate of drug-likeness (QED) is 0.701. The van der Waals surface area contributed by atoms with E-state index in [2.05, 4.69) is 10.6 Å². The summed E-state index contributed by atoms with van der Waals surface area (Å²) < 4.78 is 0. The molecular weight excluding hydrogens is 246 g/mol. The average molecular weight is 263 g/mol. The summed E-state index contributed by atoms with van der Waals surface area (Å²) in [6.45, 7) is 2.22. The Morgan fingerprint density at radius 3 is 2.83 bits per heavy atom. The minimum Gasteiger partial charge on any atom is -0.389 e. The van der Waals surface area contributed by atoms with Gasteiger partial charge in [0.1, 0.15) is 4.99 Å². The van der Waals surface area contributed by atoms with Gasteiger partial charge in [0.25, 0.3) is 0 Å². The summed E-state index contributed by atoms with van der Waals surface area (Å²) >= 11 is 5.01. The maximum Gasteiger partial charge on any atom is 0.239 e. The fourth-order valence-corrected chi connectivity index (χ4v) is 1.87. The van der Waals surface area contributed by atoms with Crippen LogP contribution in [0.3, 0.4) is 0 Å². The van der Waals surface area contributed by atoms with Gasteiger partial charge >= 0.3 is 0 Å². The number of rotatable bonds is 5. The Morgan fingerprint density at radius 1 is 1.50 bits per heavy atom. The summed E-state index contributed by atoms with van der Waals surface area (Å²) in [6.07, 6.45) is 2.18. The van der Waals surface area contributed by atoms with Crippen LogP contribution >= 0.6 is 12.2 Å². The highest BCUT2D eigenvalue weighted by Gasteiger charge is 2.22. The van der Waals surface area contributed by atoms with Crippen molar-refractivity contribution in [1.82, 2.24) is 5.32 Å². The molecule has 1 fully saturated rings. The summed E-state index contributed by atoms with van der Waals surface area (Å²) in [6, 6.07) is 6.16. The van der Waals surface area contributed by atoms with E-state index in [0.29, 0.717) is 11.0 Å². The maximum absolute atomic E-state index is 11.6. The fourth-order valence-electron chi connectivity index (χ4n) is 1.70. The molecule has 0 aromatic heterocycles. The number of carbonyl (C=O) groups excluding carboxylic acids is 1. The maximum atomic E-state index is 11.6. The number of thiocarbonyl (C=S) groups is 1. The molecule has 18 heavy (non-hydrogen) atoms. The molecule has 4 N–H and O–H groups in total. The van der Waals surface area contributed by atoms with E-state index in [-0.39, 0.29) is 12.5 Å². The molecule has 2 rings (SSSR count). The van der Waals surface area contributed by atoms with Crippen LogP contribution in [0.15, 0.2) is 18.2 Å². The first-order valence-electron chi connectivity index (χ1n) is 6.00. The van der Waals surface area contributed by atoms with Crippen molar-refractivity contribution in [2.45, 2.75) is 25.8 Å². The summed E-state index contributed by atoms with van der Waals surface area (Å²) in [5.74, 6) is 0.00645. The number of anilines is 1. The molecule has 1 aromatic carbocycles. The highest BCUT2D eigenvalue weighted by molar-refractivity contribution is 7.80. The lowest BCUT2D eigenvalue weighted by Gasteiger charge is -2.12. The number of hydrogen-bond donors (Lipinski definition) is 3. The first kappa shape index (κ1) is 12.8. The monoisotopic (exact) mass is 263 g/mol. The Labute approximate surface area is 112 Å². The van der Waals surface area contributed by atoms with E-state index >= 15 is 0 Å². The van der Waals surface area contributed by atoms with Gasteiger partial charge in [0.05, 0.1) is 6.54 Å². The van der Waals surface area contributed by atoms with Crippen LogP contribution in [0.1, 0.15) is 24.0 Å². The molecule has 0 unspecified atom stereocenters. The number of carbonyl (C=O) groups is 1. The van der Waals surface area contributed by atoms with E-state index in [0.717, 1.165) is 29.7 Å². The third-order valence-electron chi connectivity index (χ3n) is 2.82. The van der Waals surface area contributed by atoms with Crippen LogP contribution in [0.5, 0.6) is 0 Å². The second-order valence-corrected chi connectivity index (χ2v) is 5.05. The molecule has 1 aliphatic carbocycles. The van der Waals surface area contributed by atoms with Gasteiger partial charge < -0.3 is 16.4 Å². The largest absolute Gasteiger partial charge is 0.389 e. The van der Waals surface area contributed by atoms with Gasteiger partial charge in [0, 0.05) is 17.3 Å². The highest BCUT2D eigenvalue weighted by Crippen LogP contribution is 2.19. The van der Waals surface area contributed by atoms with Gasteiger partial charge in [0.2, 0.25) is 5.91 Å². The van der Waals surface area contributed by atoms with Gasteiger partial charge in [-0.15, -0.1) is 0 Å². The molecular formula is C13H17N3OS. The van der Waals surface area contributed by atoms with E-state index in [1.165, 1.54) is 0 Å². The highest BCUT2D eigenvalue weighted by atomic mass is 32.1. The van der Waals surface area contributed by atoms with Gasteiger partial charge in [-0.3, -0.25) is 4.79 Å². The molecule has 1 aliphatic rings. The zero-order valence-electron chi connectivity index (χ0n) is 10.3. The predicted molar refractivity (Wildman–Crippen MR) is 76.7 cm³/mol. The third kappa shape index (κ3) is 3.43. The average Bonchev–Trinajstić information content (AvgIpc) is 3.11. The SMILES string of the molecule is Cc1ccc(NCC(=O)NC2CC2)c(C(N)=S)c1. The van der Waals surface area contributed by atoms with Gasteiger partial charge in [-0.1, -0.05) is 23.8 Å². The van der Waals surface area contributed by atoms with Crippen LogP contribution in [0, 0.1) is 6.92 Å². The standard InChI is InChI=1S/C13H17N3OS/c1-8-2-5-11(10(6-8)13(14)18)15-7-12(17)16-9-3-4-9/h2,5-6,9,15H,3-4,7H2,1H3,(H2,14,18)(H,16,17). The normalized spacial score (nSPS) is 14.1. The molecule has 0 spiro atoms. The van der Waals surface area contributed by atoms with Crippen molar-refractivity contribution in [2.24, 2.45) is 5.73 Å². The second kappa shape index (κ2) is 5.35. The summed E-state index contributed by atoms with van der Waals surface area (Å²) in [5, 5.41) is 5.99. The summed E-state index contributed by atoms with van der Waals surface area (Å²) in [4.78, 5) is 11.9. The zero-order valence-corrected chi connectivity index (χ0v) is 11.1. The van der Waals surface area contributed by atoms with E-state index < -0.39 is 0 Å². The molecule has 1 amide bonds. The van der Waals surface area contributed by atoms with Crippen molar-refractivity contribution < 1.29 is 4.79 Å². The van der Waals surface area contributed by atoms with Crippen LogP contribution in [-0.4, -0.2) is 23.5 Å².